The number of benzene rings is 2. The fourth-order valence-corrected chi connectivity index (χ4v) is 5.28. The first-order valence-corrected chi connectivity index (χ1v) is 11.9. The summed E-state index contributed by atoms with van der Waals surface area (Å²) in [5, 5.41) is 0. The van der Waals surface area contributed by atoms with Crippen LogP contribution in [0.5, 0.6) is 5.75 Å². The lowest BCUT2D eigenvalue weighted by Crippen LogP contribution is -2.50. The Morgan fingerprint density at radius 1 is 1.00 bits per heavy atom. The number of aryl methyl sites for hydroxylation is 2. The monoisotopic (exact) mass is 446 g/mol. The summed E-state index contributed by atoms with van der Waals surface area (Å²) in [4.78, 5) is 15.1. The molecule has 0 bridgehead atoms. The van der Waals surface area contributed by atoms with E-state index in [-0.39, 0.29) is 19.0 Å². The number of carbonyl (C=O) groups excluding carboxylic acids is 1. The van der Waals surface area contributed by atoms with Gasteiger partial charge in [-0.15, -0.1) is 0 Å². The molecule has 0 saturated carbocycles. The van der Waals surface area contributed by atoms with Crippen LogP contribution in [0.4, 0.5) is 0 Å². The third-order valence-corrected chi connectivity index (χ3v) is 7.33. The Balaban J connectivity index is 1.67. The van der Waals surface area contributed by atoms with Crippen LogP contribution in [0.1, 0.15) is 28.4 Å². The first-order valence-electron chi connectivity index (χ1n) is 10.5. The molecule has 31 heavy (non-hydrogen) atoms. The molecule has 0 aromatic heterocycles. The predicted octanol–water partition coefficient (Wildman–Crippen LogP) is 2.87. The molecule has 1 fully saturated rings. The van der Waals surface area contributed by atoms with Gasteiger partial charge in [-0.2, -0.15) is 4.31 Å². The lowest BCUT2D eigenvalue weighted by molar-refractivity contribution is 0.0688. The zero-order valence-electron chi connectivity index (χ0n) is 18.3. The maximum absolute atomic E-state index is 13.1. The van der Waals surface area contributed by atoms with Gasteiger partial charge in [0.15, 0.2) is 0 Å². The van der Waals surface area contributed by atoms with Crippen LogP contribution in [0.3, 0.4) is 0 Å². The van der Waals surface area contributed by atoms with Gasteiger partial charge in [0.2, 0.25) is 10.0 Å². The van der Waals surface area contributed by atoms with Crippen molar-refractivity contribution in [1.29, 1.82) is 0 Å². The fraction of sp³-hybridized carbons (Fsp3) is 0.435. The van der Waals surface area contributed by atoms with E-state index in [9.17, 15) is 13.2 Å². The van der Waals surface area contributed by atoms with E-state index >= 15 is 0 Å². The number of piperazine rings is 1. The van der Waals surface area contributed by atoms with Gasteiger partial charge in [-0.3, -0.25) is 4.79 Å². The third kappa shape index (κ3) is 5.44. The van der Waals surface area contributed by atoms with Crippen molar-refractivity contribution in [1.82, 2.24) is 9.21 Å². The van der Waals surface area contributed by atoms with Crippen LogP contribution in [0.25, 0.3) is 0 Å². The summed E-state index contributed by atoms with van der Waals surface area (Å²) in [7, 11) is -3.60. The number of hydrogen-bond acceptors (Lipinski definition) is 5. The lowest BCUT2D eigenvalue weighted by Gasteiger charge is -2.34. The minimum Gasteiger partial charge on any atom is -0.490 e. The number of para-hydroxylation sites is 1. The quantitative estimate of drug-likeness (QED) is 0.583. The van der Waals surface area contributed by atoms with Gasteiger partial charge in [0.05, 0.1) is 17.1 Å². The molecule has 8 heteroatoms. The summed E-state index contributed by atoms with van der Waals surface area (Å²) >= 11 is 0. The Kier molecular flexibility index (Phi) is 7.69. The van der Waals surface area contributed by atoms with Crippen molar-refractivity contribution in [2.24, 2.45) is 0 Å². The summed E-state index contributed by atoms with van der Waals surface area (Å²) < 4.78 is 38.7. The standard InChI is InChI=1S/C23H30N2O5S/c1-4-29-15-16-30-21-8-6-5-7-20(21)23(26)24-11-13-25(14-12-24)31(27,28)22-17-18(2)9-10-19(22)3/h5-10,17H,4,11-16H2,1-3H3. The average molecular weight is 447 g/mol. The Morgan fingerprint density at radius 3 is 2.42 bits per heavy atom. The highest BCUT2D eigenvalue weighted by atomic mass is 32.2. The first kappa shape index (κ1) is 23.2. The van der Waals surface area contributed by atoms with Crippen molar-refractivity contribution in [2.75, 3.05) is 46.0 Å². The Morgan fingerprint density at radius 2 is 1.71 bits per heavy atom. The zero-order valence-corrected chi connectivity index (χ0v) is 19.2. The summed E-state index contributed by atoms with van der Waals surface area (Å²) in [6.07, 6.45) is 0. The van der Waals surface area contributed by atoms with E-state index in [2.05, 4.69) is 0 Å². The van der Waals surface area contributed by atoms with E-state index in [1.165, 1.54) is 4.31 Å². The van der Waals surface area contributed by atoms with Gasteiger partial charge in [0, 0.05) is 32.8 Å². The largest absolute Gasteiger partial charge is 0.490 e. The zero-order chi connectivity index (χ0) is 22.4. The van der Waals surface area contributed by atoms with Crippen LogP contribution >= 0.6 is 0 Å². The molecule has 168 valence electrons. The number of nitrogens with zero attached hydrogens (tertiary/aromatic N) is 2. The maximum atomic E-state index is 13.1. The number of sulfonamides is 1. The summed E-state index contributed by atoms with van der Waals surface area (Å²) in [5.74, 6) is 0.355. The molecule has 1 amide bonds. The van der Waals surface area contributed by atoms with Crippen LogP contribution in [0, 0.1) is 13.8 Å². The molecule has 0 spiro atoms. The van der Waals surface area contributed by atoms with Crippen LogP contribution < -0.4 is 4.74 Å². The Bertz CT molecular complexity index is 1010. The van der Waals surface area contributed by atoms with Crippen LogP contribution in [0.2, 0.25) is 0 Å². The molecule has 1 heterocycles. The third-order valence-electron chi connectivity index (χ3n) is 5.29. The van der Waals surface area contributed by atoms with E-state index in [1.807, 2.05) is 32.0 Å². The number of ether oxygens (including phenoxy) is 2. The second-order valence-corrected chi connectivity index (χ2v) is 9.41. The molecule has 2 aromatic carbocycles. The first-order chi connectivity index (χ1) is 14.8. The SMILES string of the molecule is CCOCCOc1ccccc1C(=O)N1CCN(S(=O)(=O)c2cc(C)ccc2C)CC1. The second kappa shape index (κ2) is 10.3. The molecule has 1 aliphatic heterocycles. The summed E-state index contributed by atoms with van der Waals surface area (Å²) in [5.41, 5.74) is 2.10. The van der Waals surface area contributed by atoms with Gasteiger partial charge in [-0.1, -0.05) is 24.3 Å². The van der Waals surface area contributed by atoms with Gasteiger partial charge < -0.3 is 14.4 Å². The fourth-order valence-electron chi connectivity index (χ4n) is 3.55. The summed E-state index contributed by atoms with van der Waals surface area (Å²) in [6, 6.07) is 12.5. The van der Waals surface area contributed by atoms with Crippen molar-refractivity contribution in [3.05, 3.63) is 59.2 Å². The highest BCUT2D eigenvalue weighted by Gasteiger charge is 2.32. The predicted molar refractivity (Wildman–Crippen MR) is 119 cm³/mol. The van der Waals surface area contributed by atoms with E-state index < -0.39 is 10.0 Å². The smallest absolute Gasteiger partial charge is 0.257 e. The molecule has 1 aliphatic rings. The number of hydrogen-bond donors (Lipinski definition) is 0. The maximum Gasteiger partial charge on any atom is 0.257 e. The molecule has 0 N–H and O–H groups in total. The molecular weight excluding hydrogens is 416 g/mol. The topological polar surface area (TPSA) is 76.2 Å². The van der Waals surface area contributed by atoms with Gasteiger partial charge in [-0.05, 0) is 50.1 Å². The van der Waals surface area contributed by atoms with E-state index in [0.717, 1.165) is 11.1 Å². The minimum absolute atomic E-state index is 0.157. The van der Waals surface area contributed by atoms with Crippen molar-refractivity contribution in [3.8, 4) is 5.75 Å². The molecule has 0 atom stereocenters. The molecule has 0 unspecified atom stereocenters. The average Bonchev–Trinajstić information content (AvgIpc) is 2.78. The molecule has 2 aromatic rings. The second-order valence-electron chi connectivity index (χ2n) is 7.51. The molecule has 7 nitrogen and oxygen atoms in total. The highest BCUT2D eigenvalue weighted by molar-refractivity contribution is 7.89. The van der Waals surface area contributed by atoms with Crippen molar-refractivity contribution >= 4 is 15.9 Å². The Labute approximate surface area is 184 Å². The van der Waals surface area contributed by atoms with Gasteiger partial charge in [0.1, 0.15) is 12.4 Å². The molecule has 1 saturated heterocycles. The van der Waals surface area contributed by atoms with Gasteiger partial charge >= 0.3 is 0 Å². The number of rotatable bonds is 8. The number of amides is 1. The van der Waals surface area contributed by atoms with Gasteiger partial charge in [-0.25, -0.2) is 8.42 Å². The molecule has 3 rings (SSSR count). The van der Waals surface area contributed by atoms with E-state index in [4.69, 9.17) is 9.47 Å². The van der Waals surface area contributed by atoms with Crippen molar-refractivity contribution in [2.45, 2.75) is 25.7 Å². The van der Waals surface area contributed by atoms with Crippen LogP contribution in [-0.4, -0.2) is 69.5 Å². The Hall–Kier alpha value is -2.42. The van der Waals surface area contributed by atoms with Crippen LogP contribution in [-0.2, 0) is 14.8 Å². The number of carbonyl (C=O) groups is 1. The lowest BCUT2D eigenvalue weighted by atomic mass is 10.1. The highest BCUT2D eigenvalue weighted by Crippen LogP contribution is 2.24. The summed E-state index contributed by atoms with van der Waals surface area (Å²) in [6.45, 7) is 8.19. The van der Waals surface area contributed by atoms with E-state index in [1.54, 1.807) is 36.1 Å². The van der Waals surface area contributed by atoms with Crippen LogP contribution in [0.15, 0.2) is 47.4 Å². The molecular formula is C23H30N2O5S. The molecule has 0 radical (unpaired) electrons. The normalized spacial score (nSPS) is 15.1. The van der Waals surface area contributed by atoms with Gasteiger partial charge in [0.25, 0.3) is 5.91 Å². The van der Waals surface area contributed by atoms with Crippen molar-refractivity contribution < 1.29 is 22.7 Å². The minimum atomic E-state index is -3.60. The van der Waals surface area contributed by atoms with Crippen molar-refractivity contribution in [3.63, 3.8) is 0 Å². The molecule has 0 aliphatic carbocycles. The van der Waals surface area contributed by atoms with E-state index in [0.29, 0.717) is 49.1 Å².